The average Bonchev–Trinajstić information content (AvgIpc) is 3.25. The van der Waals surface area contributed by atoms with Crippen LogP contribution in [-0.4, -0.2) is 25.9 Å². The number of hydrogen-bond donors (Lipinski definition) is 2. The highest BCUT2D eigenvalue weighted by Gasteiger charge is 2.13. The van der Waals surface area contributed by atoms with Gasteiger partial charge in [0.05, 0.1) is 33.0 Å². The van der Waals surface area contributed by atoms with Gasteiger partial charge in [0.1, 0.15) is 0 Å². The number of anilines is 1. The zero-order valence-corrected chi connectivity index (χ0v) is 14.2. The maximum absolute atomic E-state index is 12.5. The Labute approximate surface area is 152 Å². The van der Waals surface area contributed by atoms with Gasteiger partial charge in [-0.3, -0.25) is 9.89 Å². The Hall–Kier alpha value is -2.83. The molecule has 0 spiro atoms. The molecular formula is C17H11Cl2N5O. The number of H-pyrrole nitrogens is 1. The fraction of sp³-hybridized carbons (Fsp3) is 0. The van der Waals surface area contributed by atoms with Crippen LogP contribution in [0.3, 0.4) is 0 Å². The van der Waals surface area contributed by atoms with E-state index in [-0.39, 0.29) is 5.91 Å². The summed E-state index contributed by atoms with van der Waals surface area (Å²) < 4.78 is 1.56. The molecule has 0 bridgehead atoms. The lowest BCUT2D eigenvalue weighted by Gasteiger charge is -2.03. The molecule has 8 heteroatoms. The number of para-hydroxylation sites is 1. The van der Waals surface area contributed by atoms with Crippen LogP contribution in [0, 0.1) is 0 Å². The molecule has 0 saturated carbocycles. The number of rotatable bonds is 3. The molecule has 1 amide bonds. The number of nitrogens with one attached hydrogen (secondary N) is 2. The molecule has 2 heterocycles. The SMILES string of the molecule is O=C(Nc1n[nH]c2ccccc12)c1cnn(-c2ccc(Cl)c(Cl)c2)c1. The van der Waals surface area contributed by atoms with Crippen molar-refractivity contribution in [2.24, 2.45) is 0 Å². The van der Waals surface area contributed by atoms with E-state index in [2.05, 4.69) is 20.6 Å². The van der Waals surface area contributed by atoms with E-state index in [1.165, 1.54) is 6.20 Å². The second-order valence-corrected chi connectivity index (χ2v) is 6.16. The van der Waals surface area contributed by atoms with E-state index in [1.807, 2.05) is 24.3 Å². The highest BCUT2D eigenvalue weighted by atomic mass is 35.5. The van der Waals surface area contributed by atoms with E-state index in [1.54, 1.807) is 29.1 Å². The first-order valence-electron chi connectivity index (χ1n) is 7.36. The van der Waals surface area contributed by atoms with Gasteiger partial charge in [-0.05, 0) is 30.3 Å². The number of carbonyl (C=O) groups excluding carboxylic acids is 1. The van der Waals surface area contributed by atoms with Crippen LogP contribution in [0.5, 0.6) is 0 Å². The molecule has 25 heavy (non-hydrogen) atoms. The molecule has 0 aliphatic heterocycles. The zero-order chi connectivity index (χ0) is 17.4. The van der Waals surface area contributed by atoms with Gasteiger partial charge in [0.15, 0.2) is 5.82 Å². The largest absolute Gasteiger partial charge is 0.304 e. The van der Waals surface area contributed by atoms with Crippen LogP contribution in [0.1, 0.15) is 10.4 Å². The van der Waals surface area contributed by atoms with Crippen LogP contribution in [0.2, 0.25) is 10.0 Å². The van der Waals surface area contributed by atoms with Crippen molar-refractivity contribution in [2.45, 2.75) is 0 Å². The average molecular weight is 372 g/mol. The van der Waals surface area contributed by atoms with Crippen molar-refractivity contribution >= 4 is 45.8 Å². The van der Waals surface area contributed by atoms with Gasteiger partial charge in [-0.1, -0.05) is 35.3 Å². The smallest absolute Gasteiger partial charge is 0.260 e. The number of halogens is 2. The van der Waals surface area contributed by atoms with Gasteiger partial charge >= 0.3 is 0 Å². The van der Waals surface area contributed by atoms with Crippen LogP contribution in [0.15, 0.2) is 54.9 Å². The number of aromatic amines is 1. The fourth-order valence-electron chi connectivity index (χ4n) is 2.45. The normalized spacial score (nSPS) is 11.0. The highest BCUT2D eigenvalue weighted by molar-refractivity contribution is 6.42. The lowest BCUT2D eigenvalue weighted by Crippen LogP contribution is -2.11. The molecule has 2 aromatic heterocycles. The Kier molecular flexibility index (Phi) is 3.91. The molecule has 2 N–H and O–H groups in total. The van der Waals surface area contributed by atoms with Crippen LogP contribution >= 0.6 is 23.2 Å². The third-order valence-corrected chi connectivity index (χ3v) is 4.45. The number of hydrogen-bond acceptors (Lipinski definition) is 3. The monoisotopic (exact) mass is 371 g/mol. The Balaban J connectivity index is 1.59. The molecular weight excluding hydrogens is 361 g/mol. The van der Waals surface area contributed by atoms with Gasteiger partial charge < -0.3 is 5.32 Å². The van der Waals surface area contributed by atoms with E-state index < -0.39 is 0 Å². The summed E-state index contributed by atoms with van der Waals surface area (Å²) in [5.41, 5.74) is 1.96. The maximum atomic E-state index is 12.5. The summed E-state index contributed by atoms with van der Waals surface area (Å²) in [4.78, 5) is 12.5. The number of amides is 1. The minimum atomic E-state index is -0.302. The predicted molar refractivity (Wildman–Crippen MR) is 97.6 cm³/mol. The summed E-state index contributed by atoms with van der Waals surface area (Å²) in [6.45, 7) is 0. The summed E-state index contributed by atoms with van der Waals surface area (Å²) >= 11 is 11.9. The number of aromatic nitrogens is 4. The van der Waals surface area contributed by atoms with E-state index in [9.17, 15) is 4.79 Å². The van der Waals surface area contributed by atoms with Gasteiger partial charge in [0.25, 0.3) is 5.91 Å². The Morgan fingerprint density at radius 1 is 1.12 bits per heavy atom. The minimum absolute atomic E-state index is 0.302. The summed E-state index contributed by atoms with van der Waals surface area (Å²) in [5.74, 6) is 0.173. The number of carbonyl (C=O) groups is 1. The molecule has 0 radical (unpaired) electrons. The van der Waals surface area contributed by atoms with Crippen molar-refractivity contribution in [3.63, 3.8) is 0 Å². The summed E-state index contributed by atoms with van der Waals surface area (Å²) in [5, 5.41) is 15.7. The molecule has 0 saturated heterocycles. The Morgan fingerprint density at radius 2 is 1.96 bits per heavy atom. The fourth-order valence-corrected chi connectivity index (χ4v) is 2.74. The second-order valence-electron chi connectivity index (χ2n) is 5.34. The van der Waals surface area contributed by atoms with Crippen molar-refractivity contribution in [2.75, 3.05) is 5.32 Å². The van der Waals surface area contributed by atoms with Crippen molar-refractivity contribution in [1.29, 1.82) is 0 Å². The summed E-state index contributed by atoms with van der Waals surface area (Å²) in [6, 6.07) is 12.7. The maximum Gasteiger partial charge on any atom is 0.260 e. The first-order chi connectivity index (χ1) is 12.1. The molecule has 0 unspecified atom stereocenters. The molecule has 4 rings (SSSR count). The van der Waals surface area contributed by atoms with Gasteiger partial charge in [0, 0.05) is 11.6 Å². The molecule has 0 fully saturated rings. The molecule has 6 nitrogen and oxygen atoms in total. The lowest BCUT2D eigenvalue weighted by atomic mass is 10.2. The molecule has 0 aliphatic carbocycles. The quantitative estimate of drug-likeness (QED) is 0.563. The Morgan fingerprint density at radius 3 is 2.80 bits per heavy atom. The van der Waals surface area contributed by atoms with E-state index in [0.717, 1.165) is 10.9 Å². The summed E-state index contributed by atoms with van der Waals surface area (Å²) in [6.07, 6.45) is 3.09. The van der Waals surface area contributed by atoms with E-state index >= 15 is 0 Å². The molecule has 0 aliphatic rings. The van der Waals surface area contributed by atoms with Crippen LogP contribution in [0.25, 0.3) is 16.6 Å². The number of benzene rings is 2. The van der Waals surface area contributed by atoms with Gasteiger partial charge in [-0.15, -0.1) is 0 Å². The number of fused-ring (bicyclic) bond motifs is 1. The standard InChI is InChI=1S/C17H11Cl2N5O/c18-13-6-5-11(7-14(13)19)24-9-10(8-20-24)17(25)21-16-12-3-1-2-4-15(12)22-23-16/h1-9H,(H2,21,22,23,25). The van der Waals surface area contributed by atoms with Gasteiger partial charge in [-0.2, -0.15) is 10.2 Å². The van der Waals surface area contributed by atoms with E-state index in [4.69, 9.17) is 23.2 Å². The molecule has 2 aromatic carbocycles. The van der Waals surface area contributed by atoms with Crippen LogP contribution < -0.4 is 5.32 Å². The van der Waals surface area contributed by atoms with Crippen molar-refractivity contribution < 1.29 is 4.79 Å². The summed E-state index contributed by atoms with van der Waals surface area (Å²) in [7, 11) is 0. The second kappa shape index (κ2) is 6.23. The molecule has 124 valence electrons. The van der Waals surface area contributed by atoms with Crippen molar-refractivity contribution in [1.82, 2.24) is 20.0 Å². The van der Waals surface area contributed by atoms with Gasteiger partial charge in [0.2, 0.25) is 0 Å². The molecule has 0 atom stereocenters. The topological polar surface area (TPSA) is 75.6 Å². The predicted octanol–water partition coefficient (Wildman–Crippen LogP) is 4.31. The highest BCUT2D eigenvalue weighted by Crippen LogP contribution is 2.24. The third-order valence-electron chi connectivity index (χ3n) is 3.71. The van der Waals surface area contributed by atoms with Crippen LogP contribution in [0.4, 0.5) is 5.82 Å². The lowest BCUT2D eigenvalue weighted by molar-refractivity contribution is 0.102. The van der Waals surface area contributed by atoms with Crippen molar-refractivity contribution in [3.05, 3.63) is 70.5 Å². The Bertz CT molecular complexity index is 1090. The van der Waals surface area contributed by atoms with Gasteiger partial charge in [-0.25, -0.2) is 4.68 Å². The zero-order valence-electron chi connectivity index (χ0n) is 12.7. The first-order valence-corrected chi connectivity index (χ1v) is 8.12. The third kappa shape index (κ3) is 2.97. The van der Waals surface area contributed by atoms with Crippen molar-refractivity contribution in [3.8, 4) is 5.69 Å². The minimum Gasteiger partial charge on any atom is -0.304 e. The van der Waals surface area contributed by atoms with E-state index in [0.29, 0.717) is 27.1 Å². The van der Waals surface area contributed by atoms with Crippen LogP contribution in [-0.2, 0) is 0 Å². The molecule has 4 aromatic rings. The number of nitrogens with zero attached hydrogens (tertiary/aromatic N) is 3. The first kappa shape index (κ1) is 15.7.